The van der Waals surface area contributed by atoms with Crippen LogP contribution in [0.5, 0.6) is 11.5 Å². The monoisotopic (exact) mass is 634 g/mol. The summed E-state index contributed by atoms with van der Waals surface area (Å²) in [5, 5.41) is 0. The molecule has 2 aliphatic heterocycles. The second-order valence-electron chi connectivity index (χ2n) is 12.8. The molecule has 0 spiro atoms. The maximum absolute atomic E-state index is 6.35. The quantitative estimate of drug-likeness (QED) is 0.191. The summed E-state index contributed by atoms with van der Waals surface area (Å²) >= 11 is 0. The number of hydrogen-bond acceptors (Lipinski definition) is 4. The minimum Gasteiger partial charge on any atom is -0.489 e. The van der Waals surface area contributed by atoms with Gasteiger partial charge < -0.3 is 19.4 Å². The van der Waals surface area contributed by atoms with Gasteiger partial charge in [0.15, 0.2) is 11.5 Å². The third kappa shape index (κ3) is 5.41. The summed E-state index contributed by atoms with van der Waals surface area (Å²) < 4.78 is 12.7. The van der Waals surface area contributed by atoms with E-state index in [1.807, 2.05) is 13.8 Å². The van der Waals surface area contributed by atoms with Crippen LogP contribution in [0.4, 0.5) is 0 Å². The number of H-pyrrole nitrogens is 2. The summed E-state index contributed by atoms with van der Waals surface area (Å²) in [4.78, 5) is 17.9. The van der Waals surface area contributed by atoms with E-state index < -0.39 is 0 Å². The first-order valence-electron chi connectivity index (χ1n) is 16.7. The van der Waals surface area contributed by atoms with Crippen LogP contribution in [-0.4, -0.2) is 33.1 Å². The molecule has 8 bridgehead atoms. The number of nitrogens with one attached hydrogen (secondary N) is 2. The Bertz CT molecular complexity index is 2120. The van der Waals surface area contributed by atoms with Crippen LogP contribution in [0.2, 0.25) is 0 Å². The summed E-state index contributed by atoms with van der Waals surface area (Å²) in [6, 6.07) is 17.4. The highest BCUT2D eigenvalue weighted by molar-refractivity contribution is 5.97. The van der Waals surface area contributed by atoms with E-state index in [-0.39, 0.29) is 0 Å². The van der Waals surface area contributed by atoms with E-state index in [0.717, 1.165) is 67.1 Å². The van der Waals surface area contributed by atoms with E-state index >= 15 is 0 Å². The zero-order valence-corrected chi connectivity index (χ0v) is 29.1. The minimum absolute atomic E-state index is 0.509. The number of fused-ring (bicyclic) bond motifs is 8. The predicted molar refractivity (Wildman–Crippen MR) is 200 cm³/mol. The summed E-state index contributed by atoms with van der Waals surface area (Å²) in [7, 11) is 0. The fraction of sp³-hybridized carbons (Fsp3) is 0.238. The Morgan fingerprint density at radius 2 is 0.792 bits per heavy atom. The van der Waals surface area contributed by atoms with Crippen molar-refractivity contribution in [2.45, 2.75) is 55.4 Å². The normalized spacial score (nSPS) is 12.2. The fourth-order valence-corrected chi connectivity index (χ4v) is 7.42. The van der Waals surface area contributed by atoms with Gasteiger partial charge >= 0.3 is 0 Å². The Morgan fingerprint density at radius 3 is 1.15 bits per heavy atom. The van der Waals surface area contributed by atoms with E-state index in [1.165, 1.54) is 33.4 Å². The molecule has 242 valence electrons. The Morgan fingerprint density at radius 1 is 0.458 bits per heavy atom. The first kappa shape index (κ1) is 31.3. The van der Waals surface area contributed by atoms with Crippen LogP contribution in [0, 0.1) is 41.5 Å². The smallest absolute Gasteiger partial charge is 0.168 e. The van der Waals surface area contributed by atoms with Crippen LogP contribution in [0.3, 0.4) is 0 Å². The molecular formula is C42H42N4O2. The third-order valence-electron chi connectivity index (χ3n) is 9.09. The molecular weight excluding hydrogens is 592 g/mol. The van der Waals surface area contributed by atoms with Crippen LogP contribution < -0.4 is 9.47 Å². The molecule has 0 saturated heterocycles. The number of aromatic nitrogens is 4. The lowest BCUT2D eigenvalue weighted by Crippen LogP contribution is -1.97. The first-order chi connectivity index (χ1) is 23.2. The van der Waals surface area contributed by atoms with E-state index in [4.69, 9.17) is 19.4 Å². The fourth-order valence-electron chi connectivity index (χ4n) is 7.42. The SMILES string of the molecule is CCOc1c2nc(c(-c3c(C)cc(C)cc3C)c3ccc([nH]3)c(OCC)c3nc(c(-c4c(C)cc(C)cc4C)c4ccc1[nH]4)C=C3)C=C2. The van der Waals surface area contributed by atoms with Gasteiger partial charge in [-0.05, 0) is 137 Å². The highest BCUT2D eigenvalue weighted by Gasteiger charge is 2.21. The molecule has 0 unspecified atom stereocenters. The second kappa shape index (κ2) is 12.3. The number of aromatic amines is 2. The number of hydrogen-bond donors (Lipinski definition) is 2. The number of nitrogens with zero attached hydrogens (tertiary/aromatic N) is 2. The van der Waals surface area contributed by atoms with Crippen LogP contribution in [-0.2, 0) is 0 Å². The number of rotatable bonds is 6. The van der Waals surface area contributed by atoms with Gasteiger partial charge in [-0.1, -0.05) is 35.4 Å². The molecule has 0 saturated carbocycles. The zero-order chi connectivity index (χ0) is 33.7. The lowest BCUT2D eigenvalue weighted by molar-refractivity contribution is 0.341. The standard InChI is InChI=1S/C42H42N4O2/c1-9-47-41-33-15-11-29(43-33)39(37-25(5)19-23(3)20-26(37)6)31-13-17-35(45-31)42(48-10-2)36-18-14-32(46-36)40(30-12-16-34(41)44-30)38-27(7)21-24(4)22-28(38)8/h11-22,43,46H,9-10H2,1-8H3. The molecule has 6 heteroatoms. The summed E-state index contributed by atoms with van der Waals surface area (Å²) in [5.41, 5.74) is 18.6. The zero-order valence-electron chi connectivity index (χ0n) is 29.1. The molecule has 0 aliphatic carbocycles. The maximum Gasteiger partial charge on any atom is 0.168 e. The lowest BCUT2D eigenvalue weighted by Gasteiger charge is -2.13. The van der Waals surface area contributed by atoms with Gasteiger partial charge in [-0.3, -0.25) is 0 Å². The Balaban J connectivity index is 1.68. The van der Waals surface area contributed by atoms with Crippen molar-refractivity contribution in [1.29, 1.82) is 0 Å². The lowest BCUT2D eigenvalue weighted by atomic mass is 9.92. The molecule has 3 aromatic heterocycles. The topological polar surface area (TPSA) is 75.8 Å². The van der Waals surface area contributed by atoms with Gasteiger partial charge in [-0.2, -0.15) is 0 Å². The van der Waals surface area contributed by atoms with E-state index in [2.05, 4.69) is 124 Å². The highest BCUT2D eigenvalue weighted by Crippen LogP contribution is 2.40. The van der Waals surface area contributed by atoms with Crippen LogP contribution >= 0.6 is 0 Å². The summed E-state index contributed by atoms with van der Waals surface area (Å²) in [6.45, 7) is 18.0. The molecule has 0 fully saturated rings. The third-order valence-corrected chi connectivity index (χ3v) is 9.09. The molecule has 5 aromatic rings. The summed E-state index contributed by atoms with van der Waals surface area (Å²) in [6.07, 6.45) is 8.31. The molecule has 0 amide bonds. The van der Waals surface area contributed by atoms with Gasteiger partial charge in [0.05, 0.1) is 35.6 Å². The van der Waals surface area contributed by atoms with Crippen molar-refractivity contribution in [1.82, 2.24) is 19.9 Å². The Labute approximate surface area is 282 Å². The van der Waals surface area contributed by atoms with Crippen molar-refractivity contribution in [3.05, 3.63) is 105 Å². The highest BCUT2D eigenvalue weighted by atomic mass is 16.5. The van der Waals surface area contributed by atoms with Gasteiger partial charge in [0, 0.05) is 22.2 Å². The van der Waals surface area contributed by atoms with Crippen LogP contribution in [0.15, 0.2) is 48.5 Å². The molecule has 6 nitrogen and oxygen atoms in total. The molecule has 2 aromatic carbocycles. The Kier molecular flexibility index (Phi) is 8.04. The maximum atomic E-state index is 6.35. The second-order valence-corrected chi connectivity index (χ2v) is 12.8. The first-order valence-corrected chi connectivity index (χ1v) is 16.7. The van der Waals surface area contributed by atoms with E-state index in [9.17, 15) is 0 Å². The average Bonchev–Trinajstić information content (AvgIpc) is 3.85. The van der Waals surface area contributed by atoms with Gasteiger partial charge in [0.2, 0.25) is 0 Å². The van der Waals surface area contributed by atoms with Crippen LogP contribution in [0.1, 0.15) is 70.0 Å². The van der Waals surface area contributed by atoms with E-state index in [1.54, 1.807) is 0 Å². The number of ether oxygens (including phenoxy) is 2. The molecule has 0 radical (unpaired) electrons. The van der Waals surface area contributed by atoms with Crippen molar-refractivity contribution in [2.24, 2.45) is 0 Å². The molecule has 7 rings (SSSR count). The number of benzene rings is 2. The van der Waals surface area contributed by atoms with Crippen molar-refractivity contribution in [2.75, 3.05) is 13.2 Å². The van der Waals surface area contributed by atoms with Crippen molar-refractivity contribution in [3.8, 4) is 33.8 Å². The van der Waals surface area contributed by atoms with Crippen molar-refractivity contribution in [3.63, 3.8) is 0 Å². The minimum atomic E-state index is 0.509. The Hall–Kier alpha value is -5.36. The average molecular weight is 635 g/mol. The van der Waals surface area contributed by atoms with Crippen molar-refractivity contribution < 1.29 is 9.47 Å². The molecule has 2 aliphatic rings. The number of aryl methyl sites for hydroxylation is 6. The molecule has 48 heavy (non-hydrogen) atoms. The van der Waals surface area contributed by atoms with Crippen LogP contribution in [0.25, 0.3) is 68.6 Å². The molecule has 0 atom stereocenters. The predicted octanol–water partition coefficient (Wildman–Crippen LogP) is 10.6. The van der Waals surface area contributed by atoms with Crippen molar-refractivity contribution >= 4 is 46.4 Å². The summed E-state index contributed by atoms with van der Waals surface area (Å²) in [5.74, 6) is 1.43. The van der Waals surface area contributed by atoms with Gasteiger partial charge in [0.25, 0.3) is 0 Å². The van der Waals surface area contributed by atoms with Gasteiger partial charge in [-0.15, -0.1) is 0 Å². The largest absolute Gasteiger partial charge is 0.489 e. The van der Waals surface area contributed by atoms with Gasteiger partial charge in [-0.25, -0.2) is 9.97 Å². The molecule has 5 heterocycles. The molecule has 2 N–H and O–H groups in total. The van der Waals surface area contributed by atoms with E-state index in [0.29, 0.717) is 24.7 Å². The van der Waals surface area contributed by atoms with Gasteiger partial charge in [0.1, 0.15) is 11.4 Å².